The van der Waals surface area contributed by atoms with E-state index in [0.29, 0.717) is 6.42 Å². The summed E-state index contributed by atoms with van der Waals surface area (Å²) in [6.07, 6.45) is 0.665. The number of hydrogen-bond donors (Lipinski definition) is 1. The van der Waals surface area contributed by atoms with E-state index < -0.39 is 5.97 Å². The number of carboxylic acid groups (broad SMARTS) is 1. The second-order valence-corrected chi connectivity index (χ2v) is 4.10. The molecule has 0 rings (SSSR count). The molecule has 0 aromatic carbocycles. The first-order valence-electron chi connectivity index (χ1n) is 3.77. The maximum absolute atomic E-state index is 10.1. The summed E-state index contributed by atoms with van der Waals surface area (Å²) in [5.41, 5.74) is 5.63. The molecule has 0 aliphatic rings. The lowest BCUT2D eigenvalue weighted by Crippen LogP contribution is -2.34. The molecular formula is C8H16NO2-. The molecule has 11 heavy (non-hydrogen) atoms. The van der Waals surface area contributed by atoms with Crippen LogP contribution in [-0.2, 0) is 4.79 Å². The largest absolute Gasteiger partial charge is 0.550 e. The second-order valence-electron chi connectivity index (χ2n) is 4.10. The second kappa shape index (κ2) is 3.72. The van der Waals surface area contributed by atoms with Gasteiger partial charge in [0.25, 0.3) is 0 Å². The Hall–Kier alpha value is -0.570. The molecule has 0 amide bonds. The molecule has 1 atom stereocenters. The third kappa shape index (κ3) is 7.33. The minimum absolute atomic E-state index is 0.0444. The minimum atomic E-state index is -1.07. The van der Waals surface area contributed by atoms with Gasteiger partial charge in [-0.3, -0.25) is 0 Å². The fraction of sp³-hybridized carbons (Fsp3) is 0.875. The van der Waals surface area contributed by atoms with E-state index in [1.54, 1.807) is 0 Å². The van der Waals surface area contributed by atoms with E-state index in [0.717, 1.165) is 0 Å². The zero-order chi connectivity index (χ0) is 9.07. The van der Waals surface area contributed by atoms with Crippen molar-refractivity contribution >= 4 is 5.97 Å². The first-order chi connectivity index (χ1) is 4.81. The van der Waals surface area contributed by atoms with Gasteiger partial charge in [-0.25, -0.2) is 0 Å². The van der Waals surface area contributed by atoms with Crippen LogP contribution in [-0.4, -0.2) is 12.0 Å². The van der Waals surface area contributed by atoms with Crippen LogP contribution in [0, 0.1) is 5.41 Å². The van der Waals surface area contributed by atoms with E-state index >= 15 is 0 Å². The Morgan fingerprint density at radius 3 is 2.27 bits per heavy atom. The highest BCUT2D eigenvalue weighted by atomic mass is 16.4. The monoisotopic (exact) mass is 158 g/mol. The summed E-state index contributed by atoms with van der Waals surface area (Å²) in [6, 6.07) is -0.278. The van der Waals surface area contributed by atoms with Crippen LogP contribution in [0.15, 0.2) is 0 Å². The van der Waals surface area contributed by atoms with Gasteiger partial charge in [0, 0.05) is 18.4 Å². The standard InChI is InChI=1S/C8H17NO2/c1-8(2,3)5-6(9)4-7(10)11/h6H,4-5,9H2,1-3H3,(H,10,11)/p-1. The highest BCUT2D eigenvalue weighted by Crippen LogP contribution is 2.20. The third-order valence-electron chi connectivity index (χ3n) is 1.30. The lowest BCUT2D eigenvalue weighted by atomic mass is 9.87. The Balaban J connectivity index is 3.69. The van der Waals surface area contributed by atoms with Crippen molar-refractivity contribution in [2.75, 3.05) is 0 Å². The van der Waals surface area contributed by atoms with Crippen LogP contribution >= 0.6 is 0 Å². The SMILES string of the molecule is CC(C)(C)CC(N)CC(=O)[O-]. The average molecular weight is 158 g/mol. The molecule has 0 spiro atoms. The van der Waals surface area contributed by atoms with Crippen LogP contribution in [0.3, 0.4) is 0 Å². The van der Waals surface area contributed by atoms with Crippen molar-refractivity contribution in [2.24, 2.45) is 11.1 Å². The van der Waals surface area contributed by atoms with Crippen LogP contribution in [0.4, 0.5) is 0 Å². The molecule has 0 saturated carbocycles. The van der Waals surface area contributed by atoms with Crippen molar-refractivity contribution in [3.05, 3.63) is 0 Å². The van der Waals surface area contributed by atoms with Crippen molar-refractivity contribution in [1.29, 1.82) is 0 Å². The van der Waals surface area contributed by atoms with E-state index in [2.05, 4.69) is 0 Å². The van der Waals surface area contributed by atoms with Gasteiger partial charge in [-0.1, -0.05) is 20.8 Å². The number of carbonyl (C=O) groups is 1. The van der Waals surface area contributed by atoms with Gasteiger partial charge in [-0.2, -0.15) is 0 Å². The van der Waals surface area contributed by atoms with Crippen LogP contribution in [0.5, 0.6) is 0 Å². The van der Waals surface area contributed by atoms with Crippen molar-refractivity contribution in [3.8, 4) is 0 Å². The topological polar surface area (TPSA) is 66.2 Å². The Morgan fingerprint density at radius 1 is 1.55 bits per heavy atom. The molecule has 0 aliphatic carbocycles. The number of carbonyl (C=O) groups excluding carboxylic acids is 1. The minimum Gasteiger partial charge on any atom is -0.550 e. The van der Waals surface area contributed by atoms with Crippen LogP contribution < -0.4 is 10.8 Å². The van der Waals surface area contributed by atoms with E-state index in [9.17, 15) is 9.90 Å². The molecule has 0 bridgehead atoms. The lowest BCUT2D eigenvalue weighted by molar-refractivity contribution is -0.306. The van der Waals surface area contributed by atoms with Crippen molar-refractivity contribution < 1.29 is 9.90 Å². The molecule has 0 aromatic rings. The van der Waals surface area contributed by atoms with Gasteiger partial charge in [-0.05, 0) is 11.8 Å². The molecule has 0 aromatic heterocycles. The summed E-state index contributed by atoms with van der Waals surface area (Å²) >= 11 is 0. The highest BCUT2D eigenvalue weighted by molar-refractivity contribution is 5.64. The average Bonchev–Trinajstić information content (AvgIpc) is 1.53. The van der Waals surface area contributed by atoms with Gasteiger partial charge < -0.3 is 15.6 Å². The highest BCUT2D eigenvalue weighted by Gasteiger charge is 2.15. The summed E-state index contributed by atoms with van der Waals surface area (Å²) in [5.74, 6) is -1.07. The van der Waals surface area contributed by atoms with Crippen molar-refractivity contribution in [1.82, 2.24) is 0 Å². The van der Waals surface area contributed by atoms with Gasteiger partial charge in [0.2, 0.25) is 0 Å². The fourth-order valence-corrected chi connectivity index (χ4v) is 1.07. The Bertz CT molecular complexity index is 138. The van der Waals surface area contributed by atoms with Crippen LogP contribution in [0.2, 0.25) is 0 Å². The fourth-order valence-electron chi connectivity index (χ4n) is 1.07. The number of carboxylic acids is 1. The smallest absolute Gasteiger partial charge is 0.0429 e. The predicted molar refractivity (Wildman–Crippen MR) is 41.7 cm³/mol. The van der Waals surface area contributed by atoms with E-state index in [1.165, 1.54) is 0 Å². The lowest BCUT2D eigenvalue weighted by Gasteiger charge is -2.23. The van der Waals surface area contributed by atoms with Gasteiger partial charge in [0.1, 0.15) is 0 Å². The zero-order valence-electron chi connectivity index (χ0n) is 7.39. The summed E-state index contributed by atoms with van der Waals surface area (Å²) in [7, 11) is 0. The van der Waals surface area contributed by atoms with Crippen molar-refractivity contribution in [2.45, 2.75) is 39.7 Å². The van der Waals surface area contributed by atoms with E-state index in [1.807, 2.05) is 20.8 Å². The molecule has 0 heterocycles. The summed E-state index contributed by atoms with van der Waals surface area (Å²) in [6.45, 7) is 6.09. The molecule has 1 unspecified atom stereocenters. The number of rotatable bonds is 3. The zero-order valence-corrected chi connectivity index (χ0v) is 7.39. The molecule has 0 saturated heterocycles. The molecule has 0 fully saturated rings. The summed E-state index contributed by atoms with van der Waals surface area (Å²) in [5, 5.41) is 10.1. The number of hydrogen-bond acceptors (Lipinski definition) is 3. The van der Waals surface area contributed by atoms with E-state index in [4.69, 9.17) is 5.73 Å². The number of nitrogens with two attached hydrogens (primary N) is 1. The maximum Gasteiger partial charge on any atom is 0.0429 e. The Morgan fingerprint density at radius 2 is 2.00 bits per heavy atom. The van der Waals surface area contributed by atoms with Gasteiger partial charge in [0.15, 0.2) is 0 Å². The molecule has 66 valence electrons. The Kier molecular flexibility index (Phi) is 3.52. The summed E-state index contributed by atoms with van der Waals surface area (Å²) < 4.78 is 0. The van der Waals surface area contributed by atoms with Gasteiger partial charge in [0.05, 0.1) is 0 Å². The predicted octanol–water partition coefficient (Wildman–Crippen LogP) is -0.110. The van der Waals surface area contributed by atoms with Crippen LogP contribution in [0.1, 0.15) is 33.6 Å². The number of aliphatic carboxylic acids is 1. The van der Waals surface area contributed by atoms with Gasteiger partial charge in [-0.15, -0.1) is 0 Å². The van der Waals surface area contributed by atoms with E-state index in [-0.39, 0.29) is 17.9 Å². The normalized spacial score (nSPS) is 14.5. The first-order valence-corrected chi connectivity index (χ1v) is 3.77. The summed E-state index contributed by atoms with van der Waals surface area (Å²) in [4.78, 5) is 10.1. The molecule has 0 radical (unpaired) electrons. The molecule has 3 nitrogen and oxygen atoms in total. The van der Waals surface area contributed by atoms with Crippen molar-refractivity contribution in [3.63, 3.8) is 0 Å². The molecule has 2 N–H and O–H groups in total. The van der Waals surface area contributed by atoms with Crippen LogP contribution in [0.25, 0.3) is 0 Å². The van der Waals surface area contributed by atoms with Gasteiger partial charge >= 0.3 is 0 Å². The quantitative estimate of drug-likeness (QED) is 0.623. The molecule has 0 aliphatic heterocycles. The molecule has 3 heteroatoms. The maximum atomic E-state index is 10.1. The Labute approximate surface area is 67.6 Å². The first kappa shape index (κ1) is 10.4. The third-order valence-corrected chi connectivity index (χ3v) is 1.30. The molecular weight excluding hydrogens is 142 g/mol.